The fourth-order valence-electron chi connectivity index (χ4n) is 1.64. The number of rotatable bonds is 1. The molecule has 0 aliphatic rings. The average molecular weight is 327 g/mol. The zero-order chi connectivity index (χ0) is 16.0. The number of halogens is 6. The molecule has 0 aromatic carbocycles. The predicted octanol–water partition coefficient (Wildman–Crippen LogP) is 4.28. The van der Waals surface area contributed by atoms with E-state index in [-0.39, 0.29) is 16.0 Å². The Hall–Kier alpha value is -1.84. The van der Waals surface area contributed by atoms with Crippen LogP contribution in [-0.2, 0) is 12.4 Å². The van der Waals surface area contributed by atoms with Crippen molar-refractivity contribution in [2.24, 2.45) is 0 Å². The van der Waals surface area contributed by atoms with Crippen LogP contribution >= 0.6 is 12.2 Å². The second-order valence-corrected chi connectivity index (χ2v) is 4.54. The molecule has 3 nitrogen and oxygen atoms in total. The van der Waals surface area contributed by atoms with Crippen molar-refractivity contribution in [1.82, 2.24) is 14.8 Å². The normalized spacial score (nSPS) is 12.7. The van der Waals surface area contributed by atoms with Gasteiger partial charge in [0.1, 0.15) is 10.3 Å². The van der Waals surface area contributed by atoms with Gasteiger partial charge in [-0.05, 0) is 19.1 Å². The van der Waals surface area contributed by atoms with Gasteiger partial charge >= 0.3 is 12.4 Å². The SMILES string of the molecule is Cc1c(C(F)(F)F)[nH]n(-c2ccc(C(F)(F)F)cn2)c1=S. The van der Waals surface area contributed by atoms with Crippen LogP contribution in [0.4, 0.5) is 26.3 Å². The minimum atomic E-state index is -4.64. The van der Waals surface area contributed by atoms with Gasteiger partial charge in [0.05, 0.1) is 5.56 Å². The molecule has 2 aromatic rings. The van der Waals surface area contributed by atoms with E-state index in [0.717, 1.165) is 10.7 Å². The minimum Gasteiger partial charge on any atom is -0.287 e. The van der Waals surface area contributed by atoms with E-state index in [1.807, 2.05) is 5.10 Å². The largest absolute Gasteiger partial charge is 0.433 e. The molecule has 10 heteroatoms. The summed E-state index contributed by atoms with van der Waals surface area (Å²) in [5.74, 6) is -0.161. The lowest BCUT2D eigenvalue weighted by atomic mass is 10.3. The molecule has 1 N–H and O–H groups in total. The van der Waals surface area contributed by atoms with Crippen LogP contribution in [-0.4, -0.2) is 14.8 Å². The van der Waals surface area contributed by atoms with Gasteiger partial charge < -0.3 is 0 Å². The minimum absolute atomic E-state index is 0.161. The molecule has 21 heavy (non-hydrogen) atoms. The zero-order valence-electron chi connectivity index (χ0n) is 10.3. The van der Waals surface area contributed by atoms with E-state index in [0.29, 0.717) is 12.3 Å². The van der Waals surface area contributed by atoms with E-state index in [1.165, 1.54) is 6.92 Å². The highest BCUT2D eigenvalue weighted by Crippen LogP contribution is 2.32. The second kappa shape index (κ2) is 4.86. The Morgan fingerprint density at radius 1 is 1.10 bits per heavy atom. The third-order valence-corrected chi connectivity index (χ3v) is 3.20. The van der Waals surface area contributed by atoms with Crippen molar-refractivity contribution >= 4 is 12.2 Å². The molecule has 2 aromatic heterocycles. The van der Waals surface area contributed by atoms with Crippen LogP contribution in [0.15, 0.2) is 18.3 Å². The van der Waals surface area contributed by atoms with Crippen molar-refractivity contribution in [3.63, 3.8) is 0 Å². The smallest absolute Gasteiger partial charge is 0.287 e. The summed E-state index contributed by atoms with van der Waals surface area (Å²) >= 11 is 4.84. The third kappa shape index (κ3) is 2.94. The maximum Gasteiger partial charge on any atom is 0.433 e. The molecular weight excluding hydrogens is 320 g/mol. The molecule has 0 fully saturated rings. The number of H-pyrrole nitrogens is 1. The highest BCUT2D eigenvalue weighted by atomic mass is 32.1. The number of aromatic amines is 1. The molecule has 0 spiro atoms. The monoisotopic (exact) mass is 327 g/mol. The van der Waals surface area contributed by atoms with Gasteiger partial charge in [0.25, 0.3) is 0 Å². The highest BCUT2D eigenvalue weighted by Gasteiger charge is 2.36. The average Bonchev–Trinajstić information content (AvgIpc) is 2.65. The maximum absolute atomic E-state index is 12.7. The lowest BCUT2D eigenvalue weighted by Crippen LogP contribution is -2.10. The van der Waals surface area contributed by atoms with Crippen LogP contribution in [0, 0.1) is 11.6 Å². The van der Waals surface area contributed by atoms with Crippen molar-refractivity contribution in [1.29, 1.82) is 0 Å². The number of nitrogens with one attached hydrogen (secondary N) is 1. The number of aromatic nitrogens is 3. The van der Waals surface area contributed by atoms with Crippen molar-refractivity contribution in [3.05, 3.63) is 39.8 Å². The van der Waals surface area contributed by atoms with E-state index < -0.39 is 23.6 Å². The van der Waals surface area contributed by atoms with E-state index in [4.69, 9.17) is 12.2 Å². The number of hydrogen-bond acceptors (Lipinski definition) is 2. The summed E-state index contributed by atoms with van der Waals surface area (Å²) in [5.41, 5.74) is -2.29. The van der Waals surface area contributed by atoms with Gasteiger partial charge in [0.2, 0.25) is 0 Å². The summed E-state index contributed by atoms with van der Waals surface area (Å²) in [7, 11) is 0. The fourth-order valence-corrected chi connectivity index (χ4v) is 1.89. The van der Waals surface area contributed by atoms with Gasteiger partial charge in [0, 0.05) is 11.8 Å². The maximum atomic E-state index is 12.7. The quantitative estimate of drug-likeness (QED) is 0.627. The number of alkyl halides is 6. The summed E-state index contributed by atoms with van der Waals surface area (Å²) in [4.78, 5) is 3.49. The van der Waals surface area contributed by atoms with Crippen molar-refractivity contribution < 1.29 is 26.3 Å². The lowest BCUT2D eigenvalue weighted by molar-refractivity contribution is -0.141. The van der Waals surface area contributed by atoms with Gasteiger partial charge in [-0.2, -0.15) is 26.3 Å². The van der Waals surface area contributed by atoms with E-state index in [9.17, 15) is 26.3 Å². The van der Waals surface area contributed by atoms with Crippen LogP contribution in [0.25, 0.3) is 5.82 Å². The summed E-state index contributed by atoms with van der Waals surface area (Å²) in [6.45, 7) is 1.17. The molecule has 114 valence electrons. The standard InChI is InChI=1S/C11H7F6N3S/c1-5-8(11(15,16)17)19-20(9(5)21)7-3-2-6(4-18-7)10(12,13)14/h2-4,19H,1H3. The van der Waals surface area contributed by atoms with Crippen molar-refractivity contribution in [3.8, 4) is 5.82 Å². The Labute approximate surface area is 119 Å². The molecule has 0 aliphatic heterocycles. The number of pyridine rings is 1. The summed E-state index contributed by atoms with van der Waals surface area (Å²) < 4.78 is 76.0. The molecule has 0 saturated carbocycles. The fraction of sp³-hybridized carbons (Fsp3) is 0.273. The lowest BCUT2D eigenvalue weighted by Gasteiger charge is -2.07. The number of hydrogen-bond donors (Lipinski definition) is 1. The topological polar surface area (TPSA) is 33.6 Å². The van der Waals surface area contributed by atoms with Crippen LogP contribution in [0.5, 0.6) is 0 Å². The molecular formula is C11H7F6N3S. The van der Waals surface area contributed by atoms with Gasteiger partial charge in [-0.3, -0.25) is 5.10 Å². The molecule has 0 saturated heterocycles. The Morgan fingerprint density at radius 2 is 1.71 bits per heavy atom. The molecule has 0 amide bonds. The first-order valence-electron chi connectivity index (χ1n) is 5.44. The highest BCUT2D eigenvalue weighted by molar-refractivity contribution is 7.71. The first kappa shape index (κ1) is 15.5. The molecule has 0 aliphatic carbocycles. The van der Waals surface area contributed by atoms with Gasteiger partial charge in [-0.1, -0.05) is 12.2 Å². The van der Waals surface area contributed by atoms with Crippen LogP contribution in [0.3, 0.4) is 0 Å². The van der Waals surface area contributed by atoms with Crippen LogP contribution < -0.4 is 0 Å². The Balaban J connectivity index is 2.51. The van der Waals surface area contributed by atoms with Gasteiger partial charge in [-0.25, -0.2) is 9.67 Å². The Morgan fingerprint density at radius 3 is 2.10 bits per heavy atom. The Kier molecular flexibility index (Phi) is 3.60. The number of nitrogens with zero attached hydrogens (tertiary/aromatic N) is 2. The molecule has 2 rings (SSSR count). The van der Waals surface area contributed by atoms with Gasteiger partial charge in [0.15, 0.2) is 5.82 Å². The van der Waals surface area contributed by atoms with Crippen LogP contribution in [0.2, 0.25) is 0 Å². The van der Waals surface area contributed by atoms with Crippen molar-refractivity contribution in [2.75, 3.05) is 0 Å². The van der Waals surface area contributed by atoms with E-state index in [1.54, 1.807) is 0 Å². The molecule has 2 heterocycles. The molecule has 0 radical (unpaired) electrons. The molecule has 0 atom stereocenters. The zero-order valence-corrected chi connectivity index (χ0v) is 11.1. The summed E-state index contributed by atoms with van der Waals surface area (Å²) in [6.07, 6.45) is -8.69. The first-order chi connectivity index (χ1) is 9.51. The molecule has 0 bridgehead atoms. The Bertz CT molecular complexity index is 708. The van der Waals surface area contributed by atoms with Crippen molar-refractivity contribution in [2.45, 2.75) is 19.3 Å². The van der Waals surface area contributed by atoms with E-state index in [2.05, 4.69) is 4.98 Å². The van der Waals surface area contributed by atoms with Crippen LogP contribution in [0.1, 0.15) is 16.8 Å². The summed E-state index contributed by atoms with van der Waals surface area (Å²) in [5, 5.41) is 2.01. The first-order valence-corrected chi connectivity index (χ1v) is 5.85. The van der Waals surface area contributed by atoms with E-state index >= 15 is 0 Å². The predicted molar refractivity (Wildman–Crippen MR) is 63.5 cm³/mol. The van der Waals surface area contributed by atoms with Gasteiger partial charge in [-0.15, -0.1) is 0 Å². The molecule has 0 unspecified atom stereocenters. The summed E-state index contributed by atoms with van der Waals surface area (Å²) in [6, 6.07) is 1.66. The second-order valence-electron chi connectivity index (χ2n) is 4.15. The third-order valence-electron chi connectivity index (χ3n) is 2.71.